The molecule has 0 aromatic heterocycles. The highest BCUT2D eigenvalue weighted by molar-refractivity contribution is 8.23. The third kappa shape index (κ3) is 3.11. The lowest BCUT2D eigenvalue weighted by Gasteiger charge is -2.27. The van der Waals surface area contributed by atoms with Gasteiger partial charge in [-0.3, -0.25) is 0 Å². The van der Waals surface area contributed by atoms with Gasteiger partial charge in [-0.15, -0.1) is 0 Å². The summed E-state index contributed by atoms with van der Waals surface area (Å²) in [5.41, 5.74) is 0. The summed E-state index contributed by atoms with van der Waals surface area (Å²) in [4.78, 5) is 2.53. The van der Waals surface area contributed by atoms with E-state index in [9.17, 15) is 0 Å². The van der Waals surface area contributed by atoms with Gasteiger partial charge in [-0.25, -0.2) is 0 Å². The summed E-state index contributed by atoms with van der Waals surface area (Å²) in [6.07, 6.45) is 14.4. The fourth-order valence-corrected chi connectivity index (χ4v) is 5.08. The highest BCUT2D eigenvalue weighted by atomic mass is 32.2. The minimum atomic E-state index is 0.646. The lowest BCUT2D eigenvalue weighted by Crippen LogP contribution is -2.32. The third-order valence-corrected chi connectivity index (χ3v) is 6.35. The van der Waals surface area contributed by atoms with E-state index in [1.807, 2.05) is 11.8 Å². The van der Waals surface area contributed by atoms with Crippen molar-refractivity contribution in [3.63, 3.8) is 0 Å². The van der Waals surface area contributed by atoms with E-state index in [-0.39, 0.29) is 0 Å². The number of nitrogens with zero attached hydrogens (tertiary/aromatic N) is 1. The predicted octanol–water partition coefficient (Wildman–Crippen LogP) is 4.24. The normalized spacial score (nSPS) is 35.6. The Balaban J connectivity index is 1.58. The van der Waals surface area contributed by atoms with Crippen molar-refractivity contribution in [2.24, 2.45) is 11.8 Å². The Morgan fingerprint density at radius 3 is 2.28 bits per heavy atom. The van der Waals surface area contributed by atoms with E-state index in [4.69, 9.17) is 12.2 Å². The molecule has 1 nitrogen and oxygen atoms in total. The molecule has 100 valence electrons. The molecule has 3 fully saturated rings. The van der Waals surface area contributed by atoms with Gasteiger partial charge in [0.05, 0.1) is 0 Å². The number of thiocarbonyl (C=S) groups is 1. The van der Waals surface area contributed by atoms with Crippen LogP contribution in [-0.2, 0) is 0 Å². The van der Waals surface area contributed by atoms with Crippen LogP contribution in [0.2, 0.25) is 0 Å². The Morgan fingerprint density at radius 1 is 1.06 bits per heavy atom. The van der Waals surface area contributed by atoms with Crippen molar-refractivity contribution in [1.82, 2.24) is 4.90 Å². The second kappa shape index (κ2) is 5.96. The zero-order valence-corrected chi connectivity index (χ0v) is 12.6. The second-order valence-corrected chi connectivity index (χ2v) is 7.95. The monoisotopic (exact) mass is 281 g/mol. The number of thioether (sulfide) groups is 1. The van der Waals surface area contributed by atoms with Crippen molar-refractivity contribution in [2.45, 2.75) is 50.2 Å². The lowest BCUT2D eigenvalue weighted by atomic mass is 9.84. The molecule has 1 saturated carbocycles. The number of hydrogen-bond donors (Lipinski definition) is 0. The van der Waals surface area contributed by atoms with Crippen LogP contribution in [0.4, 0.5) is 0 Å². The van der Waals surface area contributed by atoms with Gasteiger partial charge in [-0.2, -0.15) is 0 Å². The highest BCUT2D eigenvalue weighted by Gasteiger charge is 2.30. The molecule has 2 aliphatic carbocycles. The number of hydrogen-bond acceptors (Lipinski definition) is 2. The Morgan fingerprint density at radius 2 is 1.72 bits per heavy atom. The van der Waals surface area contributed by atoms with Crippen LogP contribution in [0, 0.1) is 11.8 Å². The van der Waals surface area contributed by atoms with Crippen LogP contribution in [0.5, 0.6) is 0 Å². The molecular weight excluding hydrogens is 258 g/mol. The van der Waals surface area contributed by atoms with Gasteiger partial charge >= 0.3 is 0 Å². The molecule has 0 aromatic carbocycles. The van der Waals surface area contributed by atoms with Crippen LogP contribution in [0.25, 0.3) is 0 Å². The first-order valence-electron chi connectivity index (χ1n) is 7.43. The second-order valence-electron chi connectivity index (χ2n) is 6.07. The van der Waals surface area contributed by atoms with Gasteiger partial charge < -0.3 is 4.90 Å². The Labute approximate surface area is 120 Å². The van der Waals surface area contributed by atoms with Crippen molar-refractivity contribution in [3.05, 3.63) is 12.2 Å². The van der Waals surface area contributed by atoms with Crippen LogP contribution < -0.4 is 0 Å². The minimum Gasteiger partial charge on any atom is -0.357 e. The zero-order chi connectivity index (χ0) is 12.4. The Hall–Kier alpha value is -0.0200. The molecule has 3 heteroatoms. The number of rotatable bonds is 1. The van der Waals surface area contributed by atoms with Gasteiger partial charge in [-0.05, 0) is 56.8 Å². The quantitative estimate of drug-likeness (QED) is 0.523. The van der Waals surface area contributed by atoms with E-state index in [1.165, 1.54) is 62.4 Å². The summed E-state index contributed by atoms with van der Waals surface area (Å²) in [5.74, 6) is 1.84. The van der Waals surface area contributed by atoms with Crippen LogP contribution in [0.1, 0.15) is 44.9 Å². The van der Waals surface area contributed by atoms with Crippen LogP contribution in [0.3, 0.4) is 0 Å². The van der Waals surface area contributed by atoms with Gasteiger partial charge in [0.25, 0.3) is 0 Å². The first kappa shape index (κ1) is 13.0. The van der Waals surface area contributed by atoms with E-state index in [0.29, 0.717) is 5.25 Å². The fourth-order valence-electron chi connectivity index (χ4n) is 3.53. The molecule has 2 heterocycles. The van der Waals surface area contributed by atoms with Crippen molar-refractivity contribution in [2.75, 3.05) is 13.1 Å². The average Bonchev–Trinajstić information content (AvgIpc) is 2.73. The third-order valence-electron chi connectivity index (χ3n) is 4.64. The summed E-state index contributed by atoms with van der Waals surface area (Å²) in [6.45, 7) is 2.47. The molecule has 1 unspecified atom stereocenters. The van der Waals surface area contributed by atoms with Crippen LogP contribution in [-0.4, -0.2) is 27.6 Å². The maximum atomic E-state index is 5.70. The maximum Gasteiger partial charge on any atom is 0.136 e. The number of fused-ring (bicyclic) bond motifs is 4. The van der Waals surface area contributed by atoms with Gasteiger partial charge in [0.1, 0.15) is 4.32 Å². The van der Waals surface area contributed by atoms with Gasteiger partial charge in [0, 0.05) is 18.3 Å². The Kier molecular flexibility index (Phi) is 4.30. The molecule has 4 rings (SSSR count). The SMILES string of the molecule is S=C(SC1C=CCCC1)N1CC2CCC(CC2)C1. The first-order valence-corrected chi connectivity index (χ1v) is 8.72. The van der Waals surface area contributed by atoms with Crippen molar-refractivity contribution >= 4 is 28.3 Å². The standard InChI is InChI=1S/C15H23NS2/c17-15(18-14-4-2-1-3-5-14)16-10-12-6-7-13(11-16)9-8-12/h2,4,12-14H,1,3,5-11H2. The molecule has 1 atom stereocenters. The molecule has 0 radical (unpaired) electrons. The minimum absolute atomic E-state index is 0.646. The smallest absolute Gasteiger partial charge is 0.136 e. The van der Waals surface area contributed by atoms with E-state index in [0.717, 1.165) is 11.8 Å². The van der Waals surface area contributed by atoms with Gasteiger partial charge in [0.2, 0.25) is 0 Å². The summed E-state index contributed by atoms with van der Waals surface area (Å²) < 4.78 is 1.17. The number of allylic oxidation sites excluding steroid dienone is 1. The van der Waals surface area contributed by atoms with Crippen molar-refractivity contribution in [1.29, 1.82) is 0 Å². The van der Waals surface area contributed by atoms with Crippen LogP contribution >= 0.6 is 24.0 Å². The molecular formula is C15H23NS2. The molecule has 4 aliphatic rings. The summed E-state index contributed by atoms with van der Waals surface area (Å²) >= 11 is 7.64. The molecule has 2 saturated heterocycles. The van der Waals surface area contributed by atoms with Crippen molar-refractivity contribution < 1.29 is 0 Å². The molecule has 2 bridgehead atoms. The topological polar surface area (TPSA) is 3.24 Å². The molecule has 2 aliphatic heterocycles. The first-order chi connectivity index (χ1) is 8.81. The van der Waals surface area contributed by atoms with E-state index < -0.39 is 0 Å². The predicted molar refractivity (Wildman–Crippen MR) is 84.0 cm³/mol. The van der Waals surface area contributed by atoms with Gasteiger partial charge in [-0.1, -0.05) is 36.1 Å². The van der Waals surface area contributed by atoms with E-state index in [1.54, 1.807) is 0 Å². The van der Waals surface area contributed by atoms with E-state index in [2.05, 4.69) is 17.1 Å². The maximum absolute atomic E-state index is 5.70. The van der Waals surface area contributed by atoms with Crippen LogP contribution in [0.15, 0.2) is 12.2 Å². The molecule has 0 spiro atoms. The zero-order valence-electron chi connectivity index (χ0n) is 11.0. The van der Waals surface area contributed by atoms with E-state index >= 15 is 0 Å². The average molecular weight is 281 g/mol. The van der Waals surface area contributed by atoms with Crippen molar-refractivity contribution in [3.8, 4) is 0 Å². The Bertz CT molecular complexity index is 317. The molecule has 18 heavy (non-hydrogen) atoms. The molecule has 0 amide bonds. The summed E-state index contributed by atoms with van der Waals surface area (Å²) in [5, 5.41) is 0.646. The fraction of sp³-hybridized carbons (Fsp3) is 0.800. The molecule has 0 N–H and O–H groups in total. The highest BCUT2D eigenvalue weighted by Crippen LogP contribution is 2.36. The lowest BCUT2D eigenvalue weighted by molar-refractivity contribution is 0.326. The summed E-state index contributed by atoms with van der Waals surface area (Å²) in [6, 6.07) is 0. The van der Waals surface area contributed by atoms with Gasteiger partial charge in [0.15, 0.2) is 0 Å². The largest absolute Gasteiger partial charge is 0.357 e. The molecule has 0 aromatic rings. The summed E-state index contributed by atoms with van der Waals surface area (Å²) in [7, 11) is 0.